The molecule has 0 radical (unpaired) electrons. The van der Waals surface area contributed by atoms with Crippen LogP contribution in [0.5, 0.6) is 0 Å². The molecule has 0 spiro atoms. The van der Waals surface area contributed by atoms with Gasteiger partial charge in [-0.2, -0.15) is 0 Å². The largest absolute Gasteiger partial charge is 0.370 e. The molecular weight excluding hydrogens is 314 g/mol. The van der Waals surface area contributed by atoms with Crippen LogP contribution in [0.1, 0.15) is 37.8 Å². The highest BCUT2D eigenvalue weighted by atomic mass is 79.9. The molecule has 20 heavy (non-hydrogen) atoms. The summed E-state index contributed by atoms with van der Waals surface area (Å²) >= 11 is 3.60. The molecule has 1 aromatic carbocycles. The molecule has 2 N–H and O–H groups in total. The standard InChI is InChI=1S/C16H24BrN3/c1-12(18)15-5-4-13(17)10-16(15)20-9-6-14(11-20)19-7-2-3-8-19/h4-5,10,12,14H,2-3,6-9,11,18H2,1H3. The van der Waals surface area contributed by atoms with Crippen LogP contribution in [0.2, 0.25) is 0 Å². The Hall–Kier alpha value is -0.580. The highest BCUT2D eigenvalue weighted by molar-refractivity contribution is 9.10. The molecule has 110 valence electrons. The summed E-state index contributed by atoms with van der Waals surface area (Å²) in [5.74, 6) is 0. The normalized spacial score (nSPS) is 25.4. The fraction of sp³-hybridized carbons (Fsp3) is 0.625. The van der Waals surface area contributed by atoms with E-state index in [0.29, 0.717) is 0 Å². The van der Waals surface area contributed by atoms with Crippen LogP contribution < -0.4 is 10.6 Å². The summed E-state index contributed by atoms with van der Waals surface area (Å²) in [4.78, 5) is 5.19. The topological polar surface area (TPSA) is 32.5 Å². The summed E-state index contributed by atoms with van der Waals surface area (Å²) in [6.45, 7) is 6.95. The van der Waals surface area contributed by atoms with E-state index in [0.717, 1.165) is 23.6 Å². The van der Waals surface area contributed by atoms with E-state index in [2.05, 4.69) is 50.9 Å². The minimum absolute atomic E-state index is 0.0870. The van der Waals surface area contributed by atoms with Crippen LogP contribution >= 0.6 is 15.9 Å². The second-order valence-electron chi connectivity index (χ2n) is 6.12. The number of hydrogen-bond acceptors (Lipinski definition) is 3. The second-order valence-corrected chi connectivity index (χ2v) is 7.04. The van der Waals surface area contributed by atoms with E-state index in [1.807, 2.05) is 0 Å². The maximum Gasteiger partial charge on any atom is 0.0426 e. The molecule has 0 aromatic heterocycles. The molecular formula is C16H24BrN3. The molecule has 0 saturated carbocycles. The zero-order valence-electron chi connectivity index (χ0n) is 12.2. The smallest absolute Gasteiger partial charge is 0.0426 e. The second kappa shape index (κ2) is 6.04. The predicted octanol–water partition coefficient (Wildman–Crippen LogP) is 3.14. The Morgan fingerprint density at radius 2 is 2.00 bits per heavy atom. The Morgan fingerprint density at radius 1 is 1.25 bits per heavy atom. The summed E-state index contributed by atoms with van der Waals surface area (Å²) in [7, 11) is 0. The summed E-state index contributed by atoms with van der Waals surface area (Å²) in [6, 6.07) is 7.30. The van der Waals surface area contributed by atoms with E-state index in [1.165, 1.54) is 43.6 Å². The van der Waals surface area contributed by atoms with Crippen LogP contribution in [0.15, 0.2) is 22.7 Å². The Bertz CT molecular complexity index is 469. The maximum atomic E-state index is 6.14. The van der Waals surface area contributed by atoms with Crippen molar-refractivity contribution in [1.29, 1.82) is 0 Å². The number of likely N-dealkylation sites (tertiary alicyclic amines) is 1. The lowest BCUT2D eigenvalue weighted by Gasteiger charge is -2.26. The van der Waals surface area contributed by atoms with Crippen LogP contribution in [0.3, 0.4) is 0 Å². The van der Waals surface area contributed by atoms with E-state index in [1.54, 1.807) is 0 Å². The van der Waals surface area contributed by atoms with Crippen molar-refractivity contribution in [3.05, 3.63) is 28.2 Å². The zero-order chi connectivity index (χ0) is 14.1. The van der Waals surface area contributed by atoms with E-state index in [9.17, 15) is 0 Å². The van der Waals surface area contributed by atoms with Gasteiger partial charge in [-0.15, -0.1) is 0 Å². The molecule has 2 atom stereocenters. The molecule has 2 heterocycles. The van der Waals surface area contributed by atoms with Gasteiger partial charge >= 0.3 is 0 Å². The molecule has 1 aromatic rings. The number of benzene rings is 1. The van der Waals surface area contributed by atoms with E-state index < -0.39 is 0 Å². The fourth-order valence-electron chi connectivity index (χ4n) is 3.54. The first-order valence-corrected chi connectivity index (χ1v) is 8.48. The molecule has 0 aliphatic carbocycles. The predicted molar refractivity (Wildman–Crippen MR) is 88.2 cm³/mol. The number of hydrogen-bond donors (Lipinski definition) is 1. The molecule has 2 saturated heterocycles. The zero-order valence-corrected chi connectivity index (χ0v) is 13.8. The molecule has 0 amide bonds. The third kappa shape index (κ3) is 2.87. The molecule has 2 unspecified atom stereocenters. The number of halogens is 1. The van der Waals surface area contributed by atoms with E-state index in [4.69, 9.17) is 5.73 Å². The van der Waals surface area contributed by atoms with Crippen LogP contribution in [0.25, 0.3) is 0 Å². The third-order valence-electron chi connectivity index (χ3n) is 4.64. The quantitative estimate of drug-likeness (QED) is 0.919. The van der Waals surface area contributed by atoms with Crippen LogP contribution in [0.4, 0.5) is 5.69 Å². The maximum absolute atomic E-state index is 6.14. The van der Waals surface area contributed by atoms with Gasteiger partial charge < -0.3 is 10.6 Å². The summed E-state index contributed by atoms with van der Waals surface area (Å²) in [6.07, 6.45) is 4.03. The summed E-state index contributed by atoms with van der Waals surface area (Å²) in [5.41, 5.74) is 8.71. The van der Waals surface area contributed by atoms with Crippen LogP contribution in [0, 0.1) is 0 Å². The lowest BCUT2D eigenvalue weighted by molar-refractivity contribution is 0.260. The van der Waals surface area contributed by atoms with Gasteiger partial charge in [-0.25, -0.2) is 0 Å². The number of anilines is 1. The lowest BCUT2D eigenvalue weighted by atomic mass is 10.1. The number of rotatable bonds is 3. The van der Waals surface area contributed by atoms with Gasteiger partial charge in [-0.05, 0) is 57.0 Å². The van der Waals surface area contributed by atoms with Gasteiger partial charge in [0, 0.05) is 35.3 Å². The first kappa shape index (κ1) is 14.4. The van der Waals surface area contributed by atoms with Gasteiger partial charge in [0.25, 0.3) is 0 Å². The van der Waals surface area contributed by atoms with Crippen molar-refractivity contribution in [2.75, 3.05) is 31.1 Å². The molecule has 2 aliphatic rings. The van der Waals surface area contributed by atoms with Crippen molar-refractivity contribution in [2.24, 2.45) is 5.73 Å². The number of nitrogens with two attached hydrogens (primary N) is 1. The Balaban J connectivity index is 1.78. The van der Waals surface area contributed by atoms with Crippen molar-refractivity contribution < 1.29 is 0 Å². The first-order chi connectivity index (χ1) is 9.65. The van der Waals surface area contributed by atoms with Gasteiger partial charge in [0.2, 0.25) is 0 Å². The van der Waals surface area contributed by atoms with Gasteiger partial charge in [0.15, 0.2) is 0 Å². The molecule has 3 nitrogen and oxygen atoms in total. The SMILES string of the molecule is CC(N)c1ccc(Br)cc1N1CCC(N2CCCC2)C1. The fourth-order valence-corrected chi connectivity index (χ4v) is 3.89. The van der Waals surface area contributed by atoms with E-state index >= 15 is 0 Å². The number of nitrogens with zero attached hydrogens (tertiary/aromatic N) is 2. The average molecular weight is 338 g/mol. The lowest BCUT2D eigenvalue weighted by Crippen LogP contribution is -2.35. The Morgan fingerprint density at radius 3 is 2.70 bits per heavy atom. The summed E-state index contributed by atoms with van der Waals surface area (Å²) in [5, 5.41) is 0. The van der Waals surface area contributed by atoms with Gasteiger partial charge in [0.05, 0.1) is 0 Å². The Labute approximate surface area is 130 Å². The van der Waals surface area contributed by atoms with Crippen molar-refractivity contribution in [2.45, 2.75) is 38.3 Å². The van der Waals surface area contributed by atoms with Crippen LogP contribution in [-0.2, 0) is 0 Å². The molecule has 2 aliphatic heterocycles. The highest BCUT2D eigenvalue weighted by Crippen LogP contribution is 2.32. The van der Waals surface area contributed by atoms with Crippen molar-refractivity contribution >= 4 is 21.6 Å². The van der Waals surface area contributed by atoms with E-state index in [-0.39, 0.29) is 6.04 Å². The van der Waals surface area contributed by atoms with Crippen molar-refractivity contribution in [3.8, 4) is 0 Å². The Kier molecular flexibility index (Phi) is 4.34. The molecule has 0 bridgehead atoms. The molecule has 4 heteroatoms. The van der Waals surface area contributed by atoms with Gasteiger partial charge in [-0.3, -0.25) is 4.90 Å². The average Bonchev–Trinajstić information content (AvgIpc) is 3.09. The minimum Gasteiger partial charge on any atom is -0.370 e. The minimum atomic E-state index is 0.0870. The highest BCUT2D eigenvalue weighted by Gasteiger charge is 2.30. The van der Waals surface area contributed by atoms with Crippen molar-refractivity contribution in [1.82, 2.24) is 4.90 Å². The molecule has 2 fully saturated rings. The van der Waals surface area contributed by atoms with Gasteiger partial charge in [-0.1, -0.05) is 22.0 Å². The molecule has 3 rings (SSSR count). The van der Waals surface area contributed by atoms with Gasteiger partial charge in [0.1, 0.15) is 0 Å². The van der Waals surface area contributed by atoms with Crippen LogP contribution in [-0.4, -0.2) is 37.1 Å². The monoisotopic (exact) mass is 337 g/mol. The van der Waals surface area contributed by atoms with Crippen molar-refractivity contribution in [3.63, 3.8) is 0 Å². The summed E-state index contributed by atoms with van der Waals surface area (Å²) < 4.78 is 1.14. The third-order valence-corrected chi connectivity index (χ3v) is 5.14. The first-order valence-electron chi connectivity index (χ1n) is 7.69.